The Morgan fingerprint density at radius 2 is 2.14 bits per heavy atom. The van der Waals surface area contributed by atoms with E-state index in [4.69, 9.17) is 4.52 Å². The Morgan fingerprint density at radius 1 is 1.36 bits per heavy atom. The molecule has 1 aromatic carbocycles. The third-order valence-corrected chi connectivity index (χ3v) is 3.78. The summed E-state index contributed by atoms with van der Waals surface area (Å²) in [5.41, 5.74) is 2.63. The standard InChI is InChI=1S/C15H17BrF2N2O2/c1-9-13(10(2)22-20-9)5-6-19-8-11-7-12(16)3-4-14(11)21-15(17)18/h3-4,7,15,19H,5-6,8H2,1-2H3. The van der Waals surface area contributed by atoms with Crippen LogP contribution in [0.5, 0.6) is 5.75 Å². The molecule has 1 aromatic heterocycles. The topological polar surface area (TPSA) is 47.3 Å². The van der Waals surface area contributed by atoms with Crippen molar-refractivity contribution in [3.05, 3.63) is 45.3 Å². The summed E-state index contributed by atoms with van der Waals surface area (Å²) in [6.07, 6.45) is 0.764. The van der Waals surface area contributed by atoms with Crippen LogP contribution in [0, 0.1) is 13.8 Å². The minimum absolute atomic E-state index is 0.183. The van der Waals surface area contributed by atoms with Crippen LogP contribution < -0.4 is 10.1 Å². The lowest BCUT2D eigenvalue weighted by atomic mass is 10.1. The van der Waals surface area contributed by atoms with Crippen LogP contribution in [0.25, 0.3) is 0 Å². The molecule has 1 N–H and O–H groups in total. The van der Waals surface area contributed by atoms with Crippen LogP contribution in [-0.4, -0.2) is 18.3 Å². The Bertz CT molecular complexity index is 613. The summed E-state index contributed by atoms with van der Waals surface area (Å²) in [5.74, 6) is 0.992. The molecule has 0 amide bonds. The van der Waals surface area contributed by atoms with Crippen LogP contribution in [-0.2, 0) is 13.0 Å². The number of alkyl halides is 2. The van der Waals surface area contributed by atoms with Gasteiger partial charge >= 0.3 is 6.61 Å². The SMILES string of the molecule is Cc1noc(C)c1CCNCc1cc(Br)ccc1OC(F)F. The summed E-state index contributed by atoms with van der Waals surface area (Å²) >= 11 is 3.33. The van der Waals surface area contributed by atoms with E-state index < -0.39 is 6.61 Å². The molecule has 0 aliphatic rings. The van der Waals surface area contributed by atoms with E-state index in [0.717, 1.165) is 27.9 Å². The van der Waals surface area contributed by atoms with E-state index in [1.54, 1.807) is 12.1 Å². The van der Waals surface area contributed by atoms with Gasteiger partial charge in [-0.3, -0.25) is 0 Å². The number of benzene rings is 1. The molecular weight excluding hydrogens is 358 g/mol. The van der Waals surface area contributed by atoms with Crippen LogP contribution in [0.15, 0.2) is 27.2 Å². The Balaban J connectivity index is 1.92. The molecule has 0 spiro atoms. The fourth-order valence-electron chi connectivity index (χ4n) is 2.19. The number of hydrogen-bond acceptors (Lipinski definition) is 4. The molecule has 0 radical (unpaired) electrons. The minimum atomic E-state index is -2.83. The van der Waals surface area contributed by atoms with Gasteiger partial charge in [-0.05, 0) is 45.0 Å². The zero-order valence-electron chi connectivity index (χ0n) is 12.3. The van der Waals surface area contributed by atoms with E-state index in [2.05, 4.69) is 31.1 Å². The second-order valence-electron chi connectivity index (χ2n) is 4.86. The number of aryl methyl sites for hydroxylation is 2. The predicted molar refractivity (Wildman–Crippen MR) is 82.2 cm³/mol. The van der Waals surface area contributed by atoms with Crippen molar-refractivity contribution in [1.82, 2.24) is 10.5 Å². The molecule has 0 fully saturated rings. The van der Waals surface area contributed by atoms with Gasteiger partial charge in [-0.1, -0.05) is 21.1 Å². The van der Waals surface area contributed by atoms with E-state index >= 15 is 0 Å². The third-order valence-electron chi connectivity index (χ3n) is 3.29. The number of nitrogens with one attached hydrogen (secondary N) is 1. The van der Waals surface area contributed by atoms with Gasteiger partial charge < -0.3 is 14.6 Å². The second kappa shape index (κ2) is 7.69. The van der Waals surface area contributed by atoms with E-state index in [9.17, 15) is 8.78 Å². The predicted octanol–water partition coefficient (Wildman–Crippen LogP) is 3.99. The average molecular weight is 375 g/mol. The molecule has 0 bridgehead atoms. The van der Waals surface area contributed by atoms with Crippen molar-refractivity contribution in [3.63, 3.8) is 0 Å². The Kier molecular flexibility index (Phi) is 5.90. The second-order valence-corrected chi connectivity index (χ2v) is 5.78. The number of aromatic nitrogens is 1. The summed E-state index contributed by atoms with van der Waals surface area (Å²) in [5, 5.41) is 7.12. The van der Waals surface area contributed by atoms with Crippen LogP contribution >= 0.6 is 15.9 Å². The van der Waals surface area contributed by atoms with E-state index in [1.807, 2.05) is 13.8 Å². The Morgan fingerprint density at radius 3 is 2.77 bits per heavy atom. The number of rotatable bonds is 7. The maximum Gasteiger partial charge on any atom is 0.387 e. The van der Waals surface area contributed by atoms with Gasteiger partial charge in [-0.15, -0.1) is 0 Å². The minimum Gasteiger partial charge on any atom is -0.434 e. The molecule has 0 aliphatic carbocycles. The Labute approximate surface area is 136 Å². The molecule has 0 unspecified atom stereocenters. The number of hydrogen-bond donors (Lipinski definition) is 1. The number of nitrogens with zero attached hydrogens (tertiary/aromatic N) is 1. The van der Waals surface area contributed by atoms with Crippen LogP contribution in [0.1, 0.15) is 22.6 Å². The van der Waals surface area contributed by atoms with E-state index in [1.165, 1.54) is 6.07 Å². The molecule has 0 saturated heterocycles. The monoisotopic (exact) mass is 374 g/mol. The van der Waals surface area contributed by atoms with Gasteiger partial charge in [-0.2, -0.15) is 8.78 Å². The highest BCUT2D eigenvalue weighted by Gasteiger charge is 2.11. The molecule has 4 nitrogen and oxygen atoms in total. The van der Waals surface area contributed by atoms with Gasteiger partial charge in [0.15, 0.2) is 0 Å². The molecule has 0 aliphatic heterocycles. The van der Waals surface area contributed by atoms with Gasteiger partial charge in [0.05, 0.1) is 5.69 Å². The zero-order chi connectivity index (χ0) is 16.1. The maximum atomic E-state index is 12.4. The van der Waals surface area contributed by atoms with Gasteiger partial charge in [-0.25, -0.2) is 0 Å². The summed E-state index contributed by atoms with van der Waals surface area (Å²) in [7, 11) is 0. The quantitative estimate of drug-likeness (QED) is 0.744. The average Bonchev–Trinajstić information content (AvgIpc) is 2.77. The molecule has 7 heteroatoms. The molecule has 0 saturated carbocycles. The summed E-state index contributed by atoms with van der Waals surface area (Å²) in [4.78, 5) is 0. The van der Waals surface area contributed by atoms with Gasteiger partial charge in [0.1, 0.15) is 11.5 Å². The molecule has 22 heavy (non-hydrogen) atoms. The third kappa shape index (κ3) is 4.51. The first kappa shape index (κ1) is 16.9. The normalized spacial score (nSPS) is 11.2. The van der Waals surface area contributed by atoms with E-state index in [-0.39, 0.29) is 5.75 Å². The largest absolute Gasteiger partial charge is 0.434 e. The summed E-state index contributed by atoms with van der Waals surface area (Å²) in [6, 6.07) is 4.97. The molecule has 2 aromatic rings. The van der Waals surface area contributed by atoms with Crippen molar-refractivity contribution in [1.29, 1.82) is 0 Å². The van der Waals surface area contributed by atoms with Crippen molar-refractivity contribution >= 4 is 15.9 Å². The lowest BCUT2D eigenvalue weighted by Gasteiger charge is -2.12. The van der Waals surface area contributed by atoms with Gasteiger partial charge in [0, 0.05) is 22.1 Å². The molecule has 1 heterocycles. The summed E-state index contributed by atoms with van der Waals surface area (Å²) < 4.78 is 35.2. The molecular formula is C15H17BrF2N2O2. The van der Waals surface area contributed by atoms with Gasteiger partial charge in [0.2, 0.25) is 0 Å². The van der Waals surface area contributed by atoms with Crippen LogP contribution in [0.3, 0.4) is 0 Å². The highest BCUT2D eigenvalue weighted by Crippen LogP contribution is 2.24. The number of ether oxygens (including phenoxy) is 1. The van der Waals surface area contributed by atoms with E-state index in [0.29, 0.717) is 18.7 Å². The van der Waals surface area contributed by atoms with Crippen molar-refractivity contribution in [2.45, 2.75) is 33.4 Å². The van der Waals surface area contributed by atoms with Crippen molar-refractivity contribution in [3.8, 4) is 5.75 Å². The van der Waals surface area contributed by atoms with Crippen LogP contribution in [0.4, 0.5) is 8.78 Å². The van der Waals surface area contributed by atoms with Crippen LogP contribution in [0.2, 0.25) is 0 Å². The van der Waals surface area contributed by atoms with Crippen molar-refractivity contribution < 1.29 is 18.0 Å². The van der Waals surface area contributed by atoms with Crippen molar-refractivity contribution in [2.24, 2.45) is 0 Å². The fraction of sp³-hybridized carbons (Fsp3) is 0.400. The first-order valence-corrected chi connectivity index (χ1v) is 7.62. The smallest absolute Gasteiger partial charge is 0.387 e. The zero-order valence-corrected chi connectivity index (χ0v) is 13.9. The highest BCUT2D eigenvalue weighted by molar-refractivity contribution is 9.10. The molecule has 2 rings (SSSR count). The lowest BCUT2D eigenvalue weighted by Crippen LogP contribution is -2.18. The first-order chi connectivity index (χ1) is 10.5. The molecule has 0 atom stereocenters. The van der Waals surface area contributed by atoms with Crippen molar-refractivity contribution in [2.75, 3.05) is 6.54 Å². The highest BCUT2D eigenvalue weighted by atomic mass is 79.9. The summed E-state index contributed by atoms with van der Waals surface area (Å²) in [6.45, 7) is 2.06. The fourth-order valence-corrected chi connectivity index (χ4v) is 2.60. The first-order valence-electron chi connectivity index (χ1n) is 6.83. The maximum absolute atomic E-state index is 12.4. The number of halogens is 3. The lowest BCUT2D eigenvalue weighted by molar-refractivity contribution is -0.0505. The Hall–Kier alpha value is -1.47. The molecule has 120 valence electrons. The van der Waals surface area contributed by atoms with Gasteiger partial charge in [0.25, 0.3) is 0 Å².